The van der Waals surface area contributed by atoms with Gasteiger partial charge in [0.2, 0.25) is 0 Å². The Morgan fingerprint density at radius 1 is 0.407 bits per heavy atom. The minimum Gasteiger partial charge on any atom is -0.455 e. The summed E-state index contributed by atoms with van der Waals surface area (Å²) < 4.78 is 8.98. The van der Waals surface area contributed by atoms with E-state index < -0.39 is 0 Å². The van der Waals surface area contributed by atoms with E-state index in [0.717, 1.165) is 77.9 Å². The zero-order valence-electron chi connectivity index (χ0n) is 29.0. The minimum absolute atomic E-state index is 0.667. The van der Waals surface area contributed by atoms with Crippen LogP contribution in [0.2, 0.25) is 0 Å². The van der Waals surface area contributed by atoms with Crippen LogP contribution in [0, 0.1) is 0 Å². The Bertz CT molecular complexity index is 3160. The van der Waals surface area contributed by atoms with Gasteiger partial charge in [0.1, 0.15) is 11.2 Å². The van der Waals surface area contributed by atoms with Gasteiger partial charge in [0.05, 0.1) is 39.0 Å². The van der Waals surface area contributed by atoms with Crippen molar-refractivity contribution in [2.24, 2.45) is 0 Å². The van der Waals surface area contributed by atoms with Crippen LogP contribution in [0.4, 0.5) is 0 Å². The number of nitrogens with zero attached hydrogens (tertiary/aromatic N) is 4. The largest absolute Gasteiger partial charge is 0.455 e. The Labute approximate surface area is 310 Å². The Kier molecular flexibility index (Phi) is 6.79. The lowest BCUT2D eigenvalue weighted by Crippen LogP contribution is -1.97. The Hall–Kier alpha value is -7.37. The molecule has 5 heteroatoms. The van der Waals surface area contributed by atoms with Crippen LogP contribution in [0.5, 0.6) is 0 Å². The van der Waals surface area contributed by atoms with E-state index in [2.05, 4.69) is 144 Å². The molecule has 0 N–H and O–H groups in total. The summed E-state index contributed by atoms with van der Waals surface area (Å²) in [5.41, 5.74) is 12.5. The van der Waals surface area contributed by atoms with E-state index in [4.69, 9.17) is 19.4 Å². The highest BCUT2D eigenvalue weighted by Gasteiger charge is 2.20. The lowest BCUT2D eigenvalue weighted by atomic mass is 10.00. The zero-order valence-corrected chi connectivity index (χ0v) is 29.0. The summed E-state index contributed by atoms with van der Waals surface area (Å²) in [6, 6.07) is 63.0. The molecular formula is C49H30N4O. The van der Waals surface area contributed by atoms with Crippen molar-refractivity contribution in [3.63, 3.8) is 0 Å². The molecule has 0 atom stereocenters. The van der Waals surface area contributed by atoms with Gasteiger partial charge in [-0.1, -0.05) is 121 Å². The maximum absolute atomic E-state index is 6.64. The molecule has 0 aliphatic heterocycles. The molecule has 4 heterocycles. The van der Waals surface area contributed by atoms with Crippen molar-refractivity contribution in [2.75, 3.05) is 0 Å². The van der Waals surface area contributed by atoms with Gasteiger partial charge in [-0.15, -0.1) is 0 Å². The van der Waals surface area contributed by atoms with Gasteiger partial charge in [-0.3, -0.25) is 0 Å². The fourth-order valence-electron chi connectivity index (χ4n) is 7.89. The lowest BCUT2D eigenvalue weighted by molar-refractivity contribution is 0.672. The van der Waals surface area contributed by atoms with E-state index in [0.29, 0.717) is 5.82 Å². The third-order valence-corrected chi connectivity index (χ3v) is 10.4. The molecule has 5 nitrogen and oxygen atoms in total. The molecule has 0 fully saturated rings. The molecule has 0 unspecified atom stereocenters. The predicted octanol–water partition coefficient (Wildman–Crippen LogP) is 12.7. The highest BCUT2D eigenvalue weighted by atomic mass is 16.3. The first-order valence-electron chi connectivity index (χ1n) is 18.1. The van der Waals surface area contributed by atoms with E-state index in [-0.39, 0.29) is 0 Å². The molecule has 0 spiro atoms. The van der Waals surface area contributed by atoms with Gasteiger partial charge in [-0.2, -0.15) is 0 Å². The molecule has 0 radical (unpaired) electrons. The third kappa shape index (κ3) is 4.83. The molecule has 0 saturated carbocycles. The van der Waals surface area contributed by atoms with Crippen molar-refractivity contribution >= 4 is 54.6 Å². The molecule has 11 aromatic rings. The first-order chi connectivity index (χ1) is 26.8. The van der Waals surface area contributed by atoms with E-state index in [1.165, 1.54) is 21.8 Å². The smallest absolute Gasteiger partial charge is 0.160 e. The number of pyridine rings is 1. The van der Waals surface area contributed by atoms with Crippen molar-refractivity contribution in [3.8, 4) is 50.8 Å². The van der Waals surface area contributed by atoms with Crippen LogP contribution in [0.15, 0.2) is 186 Å². The first kappa shape index (κ1) is 30.3. The SMILES string of the molecule is c1ccc(-c2nc(-c3cccc(-n4c5ccccc5c5ccccc54)c3)cc(-c3ccc4oc5c6ccccc6nc(-c6ccccc6)c5c4c3)n2)cc1. The van der Waals surface area contributed by atoms with Gasteiger partial charge < -0.3 is 8.98 Å². The van der Waals surface area contributed by atoms with Gasteiger partial charge in [0.25, 0.3) is 0 Å². The Morgan fingerprint density at radius 2 is 1.00 bits per heavy atom. The molecule has 0 bridgehead atoms. The minimum atomic E-state index is 0.667. The fraction of sp³-hybridized carbons (Fsp3) is 0. The summed E-state index contributed by atoms with van der Waals surface area (Å²) in [5, 5.41) is 5.44. The van der Waals surface area contributed by atoms with E-state index in [1.807, 2.05) is 42.5 Å². The number of hydrogen-bond acceptors (Lipinski definition) is 4. The van der Waals surface area contributed by atoms with Crippen molar-refractivity contribution in [1.29, 1.82) is 0 Å². The highest BCUT2D eigenvalue weighted by molar-refractivity contribution is 6.19. The van der Waals surface area contributed by atoms with Gasteiger partial charge in [0.15, 0.2) is 5.82 Å². The summed E-state index contributed by atoms with van der Waals surface area (Å²) in [7, 11) is 0. The molecule has 11 rings (SSSR count). The van der Waals surface area contributed by atoms with E-state index in [9.17, 15) is 0 Å². The van der Waals surface area contributed by atoms with Crippen LogP contribution < -0.4 is 0 Å². The molecule has 54 heavy (non-hydrogen) atoms. The maximum Gasteiger partial charge on any atom is 0.160 e. The number of hydrogen-bond donors (Lipinski definition) is 0. The normalized spacial score (nSPS) is 11.7. The van der Waals surface area contributed by atoms with Crippen molar-refractivity contribution in [3.05, 3.63) is 182 Å². The van der Waals surface area contributed by atoms with E-state index >= 15 is 0 Å². The summed E-state index contributed by atoms with van der Waals surface area (Å²) in [6.07, 6.45) is 0. The fourth-order valence-corrected chi connectivity index (χ4v) is 7.89. The number of para-hydroxylation sites is 3. The van der Waals surface area contributed by atoms with Crippen molar-refractivity contribution in [1.82, 2.24) is 19.5 Å². The van der Waals surface area contributed by atoms with Crippen LogP contribution in [0.25, 0.3) is 105 Å². The summed E-state index contributed by atoms with van der Waals surface area (Å²) >= 11 is 0. The number of furan rings is 1. The topological polar surface area (TPSA) is 56.7 Å². The molecule has 4 aromatic heterocycles. The molecular weight excluding hydrogens is 661 g/mol. The lowest BCUT2D eigenvalue weighted by Gasteiger charge is -2.12. The second-order valence-corrected chi connectivity index (χ2v) is 13.6. The van der Waals surface area contributed by atoms with Crippen molar-refractivity contribution in [2.45, 2.75) is 0 Å². The number of fused-ring (bicyclic) bond motifs is 8. The standard InChI is InChI=1S/C49H30N4O/c1-3-14-31(15-4-1)47-46-39-29-34(26-27-45(39)54-48(46)38-22-7-10-23-40(38)50-47)42-30-41(51-49(52-42)32-16-5-2-6-17-32)33-18-13-19-35(28-33)53-43-24-11-8-20-36(43)37-21-9-12-25-44(37)53/h1-30H. The van der Waals surface area contributed by atoms with Crippen molar-refractivity contribution < 1.29 is 4.42 Å². The Morgan fingerprint density at radius 3 is 1.72 bits per heavy atom. The van der Waals surface area contributed by atoms with Gasteiger partial charge in [-0.25, -0.2) is 15.0 Å². The average Bonchev–Trinajstić information content (AvgIpc) is 3.80. The molecule has 0 amide bonds. The van der Waals surface area contributed by atoms with Gasteiger partial charge >= 0.3 is 0 Å². The number of benzene rings is 7. The first-order valence-corrected chi connectivity index (χ1v) is 18.1. The predicted molar refractivity (Wildman–Crippen MR) is 221 cm³/mol. The summed E-state index contributed by atoms with van der Waals surface area (Å²) in [5.74, 6) is 0.667. The average molecular weight is 691 g/mol. The number of rotatable bonds is 5. The summed E-state index contributed by atoms with van der Waals surface area (Å²) in [4.78, 5) is 15.6. The molecule has 0 aliphatic carbocycles. The van der Waals surface area contributed by atoms with Gasteiger partial charge in [0, 0.05) is 49.5 Å². The molecule has 252 valence electrons. The third-order valence-electron chi connectivity index (χ3n) is 10.4. The highest BCUT2D eigenvalue weighted by Crippen LogP contribution is 2.41. The summed E-state index contributed by atoms with van der Waals surface area (Å²) in [6.45, 7) is 0. The van der Waals surface area contributed by atoms with Crippen LogP contribution in [0.1, 0.15) is 0 Å². The van der Waals surface area contributed by atoms with Gasteiger partial charge in [-0.05, 0) is 60.7 Å². The quantitative estimate of drug-likeness (QED) is 0.180. The second kappa shape index (κ2) is 12.1. The molecule has 7 aromatic carbocycles. The molecule has 0 aliphatic rings. The maximum atomic E-state index is 6.64. The van der Waals surface area contributed by atoms with Crippen LogP contribution in [-0.2, 0) is 0 Å². The zero-order chi connectivity index (χ0) is 35.6. The number of aromatic nitrogens is 4. The Balaban J connectivity index is 1.12. The van der Waals surface area contributed by atoms with Crippen LogP contribution in [0.3, 0.4) is 0 Å². The van der Waals surface area contributed by atoms with Crippen LogP contribution >= 0.6 is 0 Å². The second-order valence-electron chi connectivity index (χ2n) is 13.6. The van der Waals surface area contributed by atoms with Crippen LogP contribution in [-0.4, -0.2) is 19.5 Å². The molecule has 0 saturated heterocycles. The monoisotopic (exact) mass is 690 g/mol. The van der Waals surface area contributed by atoms with E-state index in [1.54, 1.807) is 0 Å².